The van der Waals surface area contributed by atoms with Gasteiger partial charge in [0.05, 0.1) is 14.2 Å². The number of methoxy groups -OCH3 is 2. The first-order valence-corrected chi connectivity index (χ1v) is 8.94. The van der Waals surface area contributed by atoms with Gasteiger partial charge >= 0.3 is 0 Å². The number of piperazine rings is 1. The van der Waals surface area contributed by atoms with E-state index in [-0.39, 0.29) is 0 Å². The molecule has 1 aromatic carbocycles. The third kappa shape index (κ3) is 4.78. The molecule has 0 radical (unpaired) electrons. The second kappa shape index (κ2) is 9.07. The molecule has 0 atom stereocenters. The van der Waals surface area contributed by atoms with Gasteiger partial charge in [-0.05, 0) is 24.1 Å². The van der Waals surface area contributed by atoms with Crippen LogP contribution in [0.3, 0.4) is 0 Å². The quantitative estimate of drug-likeness (QED) is 0.703. The van der Waals surface area contributed by atoms with Gasteiger partial charge in [0.2, 0.25) is 6.41 Å². The number of aromatic nitrogens is 2. The number of carbonyl (C=O) groups is 1. The molecule has 1 aromatic heterocycles. The highest BCUT2D eigenvalue weighted by Gasteiger charge is 2.17. The first kappa shape index (κ1) is 18.8. The number of hydrogen-bond acceptors (Lipinski definition) is 7. The summed E-state index contributed by atoms with van der Waals surface area (Å²) in [4.78, 5) is 23.4. The van der Waals surface area contributed by atoms with Gasteiger partial charge in [-0.15, -0.1) is 0 Å². The van der Waals surface area contributed by atoms with Crippen LogP contribution in [0.15, 0.2) is 30.6 Å². The van der Waals surface area contributed by atoms with E-state index in [1.54, 1.807) is 25.4 Å². The lowest BCUT2D eigenvalue weighted by atomic mass is 10.1. The molecule has 0 spiro atoms. The highest BCUT2D eigenvalue weighted by Crippen LogP contribution is 2.27. The van der Waals surface area contributed by atoms with Crippen LogP contribution in [0.5, 0.6) is 11.5 Å². The minimum absolute atomic E-state index is 0.718. The van der Waals surface area contributed by atoms with Crippen molar-refractivity contribution in [3.05, 3.63) is 36.2 Å². The number of ether oxygens (including phenoxy) is 2. The van der Waals surface area contributed by atoms with Crippen molar-refractivity contribution in [3.8, 4) is 11.5 Å². The van der Waals surface area contributed by atoms with Gasteiger partial charge in [0, 0.05) is 38.8 Å². The highest BCUT2D eigenvalue weighted by molar-refractivity contribution is 5.51. The van der Waals surface area contributed by atoms with Gasteiger partial charge in [-0.1, -0.05) is 6.07 Å². The second-order valence-corrected chi connectivity index (χ2v) is 6.26. The molecule has 1 amide bonds. The SMILES string of the molecule is COc1ccc(CCNc2cc(N3CCN(C=O)CC3)ncn2)cc1OC. The number of nitrogens with zero attached hydrogens (tertiary/aromatic N) is 4. The maximum atomic E-state index is 10.8. The molecule has 1 saturated heterocycles. The van der Waals surface area contributed by atoms with E-state index < -0.39 is 0 Å². The zero-order valence-electron chi connectivity index (χ0n) is 15.7. The Labute approximate surface area is 159 Å². The Morgan fingerprint density at radius 2 is 1.85 bits per heavy atom. The molecular weight excluding hydrogens is 346 g/mol. The number of carbonyl (C=O) groups excluding carboxylic acids is 1. The van der Waals surface area contributed by atoms with Crippen LogP contribution >= 0.6 is 0 Å². The number of benzene rings is 1. The summed E-state index contributed by atoms with van der Waals surface area (Å²) < 4.78 is 10.6. The Morgan fingerprint density at radius 1 is 1.07 bits per heavy atom. The smallest absolute Gasteiger partial charge is 0.209 e. The van der Waals surface area contributed by atoms with E-state index in [1.165, 1.54) is 0 Å². The van der Waals surface area contributed by atoms with Crippen molar-refractivity contribution < 1.29 is 14.3 Å². The predicted molar refractivity (Wildman–Crippen MR) is 104 cm³/mol. The minimum atomic E-state index is 0.718. The van der Waals surface area contributed by atoms with Crippen molar-refractivity contribution in [2.24, 2.45) is 0 Å². The molecule has 0 saturated carbocycles. The average Bonchev–Trinajstić information content (AvgIpc) is 2.74. The maximum absolute atomic E-state index is 10.8. The minimum Gasteiger partial charge on any atom is -0.493 e. The Hall–Kier alpha value is -3.03. The molecule has 0 unspecified atom stereocenters. The lowest BCUT2D eigenvalue weighted by Crippen LogP contribution is -2.46. The number of hydrogen-bond donors (Lipinski definition) is 1. The van der Waals surface area contributed by atoms with Crippen LogP contribution in [0.1, 0.15) is 5.56 Å². The summed E-state index contributed by atoms with van der Waals surface area (Å²) >= 11 is 0. The molecular formula is C19H25N5O3. The van der Waals surface area contributed by atoms with E-state index in [1.807, 2.05) is 24.3 Å². The summed E-state index contributed by atoms with van der Waals surface area (Å²) in [5.74, 6) is 3.13. The number of amides is 1. The fraction of sp³-hybridized carbons (Fsp3) is 0.421. The molecule has 8 heteroatoms. The predicted octanol–water partition coefficient (Wildman–Crippen LogP) is 1.43. The molecule has 8 nitrogen and oxygen atoms in total. The van der Waals surface area contributed by atoms with Gasteiger partial charge in [0.1, 0.15) is 18.0 Å². The molecule has 1 fully saturated rings. The van der Waals surface area contributed by atoms with Crippen molar-refractivity contribution in [1.82, 2.24) is 14.9 Å². The largest absolute Gasteiger partial charge is 0.493 e. The fourth-order valence-electron chi connectivity index (χ4n) is 3.04. The van der Waals surface area contributed by atoms with E-state index in [9.17, 15) is 4.79 Å². The van der Waals surface area contributed by atoms with Crippen LogP contribution in [0.4, 0.5) is 11.6 Å². The van der Waals surface area contributed by atoms with Gasteiger partial charge in [-0.3, -0.25) is 4.79 Å². The molecule has 2 aromatic rings. The van der Waals surface area contributed by atoms with Crippen LogP contribution in [0.25, 0.3) is 0 Å². The molecule has 144 valence electrons. The molecule has 2 heterocycles. The fourth-order valence-corrected chi connectivity index (χ4v) is 3.04. The number of rotatable bonds is 8. The molecule has 3 rings (SSSR count). The maximum Gasteiger partial charge on any atom is 0.209 e. The van der Waals surface area contributed by atoms with Crippen LogP contribution in [0.2, 0.25) is 0 Å². The second-order valence-electron chi connectivity index (χ2n) is 6.26. The zero-order valence-corrected chi connectivity index (χ0v) is 15.7. The molecule has 1 aliphatic rings. The van der Waals surface area contributed by atoms with Crippen molar-refractivity contribution >= 4 is 18.0 Å². The van der Waals surface area contributed by atoms with E-state index in [2.05, 4.69) is 20.2 Å². The van der Waals surface area contributed by atoms with Gasteiger partial charge in [0.25, 0.3) is 0 Å². The van der Waals surface area contributed by atoms with Crippen LogP contribution in [-0.2, 0) is 11.2 Å². The van der Waals surface area contributed by atoms with Crippen molar-refractivity contribution in [2.75, 3.05) is 57.2 Å². The molecule has 1 N–H and O–H groups in total. The third-order valence-electron chi connectivity index (χ3n) is 4.61. The van der Waals surface area contributed by atoms with Gasteiger partial charge in [0.15, 0.2) is 11.5 Å². The van der Waals surface area contributed by atoms with Crippen molar-refractivity contribution in [2.45, 2.75) is 6.42 Å². The monoisotopic (exact) mass is 371 g/mol. The van der Waals surface area contributed by atoms with E-state index >= 15 is 0 Å². The summed E-state index contributed by atoms with van der Waals surface area (Å²) in [6, 6.07) is 7.88. The molecule has 0 aliphatic carbocycles. The highest BCUT2D eigenvalue weighted by atomic mass is 16.5. The van der Waals surface area contributed by atoms with E-state index in [0.717, 1.165) is 74.3 Å². The summed E-state index contributed by atoms with van der Waals surface area (Å²) in [6.45, 7) is 3.73. The van der Waals surface area contributed by atoms with Crippen molar-refractivity contribution in [1.29, 1.82) is 0 Å². The standard InChI is InChI=1S/C19H25N5O3/c1-26-16-4-3-15(11-17(16)27-2)5-6-20-18-12-19(22-13-21-18)24-9-7-23(14-25)8-10-24/h3-4,11-14H,5-10H2,1-2H3,(H,20,21,22). The van der Waals surface area contributed by atoms with Gasteiger partial charge in [-0.25, -0.2) is 9.97 Å². The topological polar surface area (TPSA) is 79.8 Å². The number of anilines is 2. The summed E-state index contributed by atoms with van der Waals surface area (Å²) in [5.41, 5.74) is 1.15. The summed E-state index contributed by atoms with van der Waals surface area (Å²) in [6.07, 6.45) is 3.30. The van der Waals surface area contributed by atoms with Gasteiger partial charge < -0.3 is 24.6 Å². The van der Waals surface area contributed by atoms with Gasteiger partial charge in [-0.2, -0.15) is 0 Å². The lowest BCUT2D eigenvalue weighted by molar-refractivity contribution is -0.118. The Bertz CT molecular complexity index is 763. The van der Waals surface area contributed by atoms with E-state index in [4.69, 9.17) is 9.47 Å². The lowest BCUT2D eigenvalue weighted by Gasteiger charge is -2.33. The van der Waals surface area contributed by atoms with E-state index in [0.29, 0.717) is 0 Å². The molecule has 27 heavy (non-hydrogen) atoms. The van der Waals surface area contributed by atoms with Crippen LogP contribution < -0.4 is 19.7 Å². The molecule has 1 aliphatic heterocycles. The Balaban J connectivity index is 1.55. The zero-order chi connectivity index (χ0) is 19.1. The van der Waals surface area contributed by atoms with Crippen LogP contribution in [0, 0.1) is 0 Å². The Morgan fingerprint density at radius 3 is 2.56 bits per heavy atom. The van der Waals surface area contributed by atoms with Crippen molar-refractivity contribution in [3.63, 3.8) is 0 Å². The number of nitrogens with one attached hydrogen (secondary N) is 1. The normalized spacial score (nSPS) is 14.0. The summed E-state index contributed by atoms with van der Waals surface area (Å²) in [5, 5.41) is 3.34. The average molecular weight is 371 g/mol. The Kier molecular flexibility index (Phi) is 6.30. The third-order valence-corrected chi connectivity index (χ3v) is 4.61. The first-order chi connectivity index (χ1) is 13.2. The van der Waals surface area contributed by atoms with Crippen LogP contribution in [-0.4, -0.2) is 68.2 Å². The first-order valence-electron chi connectivity index (χ1n) is 8.94. The summed E-state index contributed by atoms with van der Waals surface area (Å²) in [7, 11) is 3.27. The molecule has 0 bridgehead atoms.